The van der Waals surface area contributed by atoms with Crippen LogP contribution in [0.4, 0.5) is 11.6 Å². The smallest absolute Gasteiger partial charge is 0.242 e. The Labute approximate surface area is 149 Å². The summed E-state index contributed by atoms with van der Waals surface area (Å²) in [7, 11) is 0. The lowest BCUT2D eigenvalue weighted by Crippen LogP contribution is -2.37. The van der Waals surface area contributed by atoms with Crippen LogP contribution >= 0.6 is 11.6 Å². The Morgan fingerprint density at radius 1 is 1.24 bits per heavy atom. The van der Waals surface area contributed by atoms with E-state index in [1.165, 1.54) is 0 Å². The van der Waals surface area contributed by atoms with Crippen LogP contribution in [-0.2, 0) is 17.8 Å². The molecule has 0 bridgehead atoms. The number of rotatable bonds is 6. The van der Waals surface area contributed by atoms with E-state index in [4.69, 9.17) is 34.5 Å². The number of guanidine groups is 1. The highest BCUT2D eigenvalue weighted by atomic mass is 35.5. The number of benzene rings is 1. The highest BCUT2D eigenvalue weighted by Crippen LogP contribution is 2.21. The number of carbonyl (C=O) groups is 1. The monoisotopic (exact) mass is 362 g/mol. The van der Waals surface area contributed by atoms with Crippen LogP contribution in [-0.4, -0.2) is 27.9 Å². The largest absolute Gasteiger partial charge is 0.382 e. The van der Waals surface area contributed by atoms with Crippen molar-refractivity contribution in [2.24, 2.45) is 22.2 Å². The van der Waals surface area contributed by atoms with Crippen molar-refractivity contribution in [3.8, 4) is 0 Å². The first-order valence-corrected chi connectivity index (χ1v) is 7.72. The van der Waals surface area contributed by atoms with Gasteiger partial charge >= 0.3 is 0 Å². The first-order valence-electron chi connectivity index (χ1n) is 7.34. The predicted octanol–water partition coefficient (Wildman–Crippen LogP) is -0.00590. The minimum Gasteiger partial charge on any atom is -0.382 e. The van der Waals surface area contributed by atoms with Crippen molar-refractivity contribution in [3.05, 3.63) is 46.7 Å². The molecule has 1 amide bonds. The van der Waals surface area contributed by atoms with Gasteiger partial charge in [0.1, 0.15) is 11.5 Å². The third kappa shape index (κ3) is 5.30. The zero-order valence-corrected chi connectivity index (χ0v) is 14.1. The average Bonchev–Trinajstić information content (AvgIpc) is 2.57. The number of aromatic nitrogens is 2. The number of amides is 1. The number of carbonyl (C=O) groups excluding carboxylic acids is 1. The molecule has 0 saturated carbocycles. The number of nitrogens with zero attached hydrogens (tertiary/aromatic N) is 3. The summed E-state index contributed by atoms with van der Waals surface area (Å²) in [6.07, 6.45) is 0.371. The van der Waals surface area contributed by atoms with Crippen LogP contribution in [0.25, 0.3) is 0 Å². The lowest BCUT2D eigenvalue weighted by molar-refractivity contribution is -0.117. The van der Waals surface area contributed by atoms with Gasteiger partial charge in [-0.2, -0.15) is 0 Å². The molecular weight excluding hydrogens is 344 g/mol. The second kappa shape index (κ2) is 8.27. The van der Waals surface area contributed by atoms with E-state index in [0.29, 0.717) is 12.1 Å². The summed E-state index contributed by atoms with van der Waals surface area (Å²) in [5.74, 6) is -0.472. The Balaban J connectivity index is 2.07. The number of hydrogen-bond donors (Lipinski definition) is 5. The number of halogens is 1. The molecule has 2 aromatic rings. The highest BCUT2D eigenvalue weighted by molar-refractivity contribution is 6.32. The molecule has 1 aromatic carbocycles. The molecule has 1 heterocycles. The summed E-state index contributed by atoms with van der Waals surface area (Å²) in [5.41, 5.74) is 23.4. The van der Waals surface area contributed by atoms with Gasteiger partial charge in [0.15, 0.2) is 16.9 Å². The van der Waals surface area contributed by atoms with E-state index in [1.54, 1.807) is 0 Å². The molecule has 9 N–H and O–H groups in total. The Hall–Kier alpha value is -2.91. The van der Waals surface area contributed by atoms with E-state index in [-0.39, 0.29) is 29.3 Å². The fraction of sp³-hybridized carbons (Fsp3) is 0.200. The van der Waals surface area contributed by atoms with Gasteiger partial charge in [-0.15, -0.1) is 0 Å². The van der Waals surface area contributed by atoms with Gasteiger partial charge in [-0.25, -0.2) is 15.0 Å². The van der Waals surface area contributed by atoms with Crippen LogP contribution < -0.4 is 28.3 Å². The normalized spacial score (nSPS) is 11.6. The van der Waals surface area contributed by atoms with Gasteiger partial charge in [-0.1, -0.05) is 41.9 Å². The van der Waals surface area contributed by atoms with Crippen molar-refractivity contribution in [2.75, 3.05) is 11.1 Å². The summed E-state index contributed by atoms with van der Waals surface area (Å²) < 4.78 is 0. The van der Waals surface area contributed by atoms with Crippen LogP contribution in [0.2, 0.25) is 5.15 Å². The molecule has 0 aliphatic carbocycles. The molecule has 1 unspecified atom stereocenters. The van der Waals surface area contributed by atoms with E-state index in [1.807, 2.05) is 30.3 Å². The van der Waals surface area contributed by atoms with Crippen molar-refractivity contribution in [2.45, 2.75) is 19.0 Å². The van der Waals surface area contributed by atoms with Gasteiger partial charge in [0, 0.05) is 0 Å². The van der Waals surface area contributed by atoms with Gasteiger partial charge < -0.3 is 28.3 Å². The van der Waals surface area contributed by atoms with Crippen LogP contribution in [0.5, 0.6) is 0 Å². The molecule has 0 aliphatic rings. The lowest BCUT2D eigenvalue weighted by atomic mass is 10.1. The summed E-state index contributed by atoms with van der Waals surface area (Å²) >= 11 is 6.03. The van der Waals surface area contributed by atoms with Crippen LogP contribution in [0, 0.1) is 0 Å². The summed E-state index contributed by atoms with van der Waals surface area (Å²) in [6.45, 7) is 0.0304. The van der Waals surface area contributed by atoms with Crippen molar-refractivity contribution in [1.29, 1.82) is 0 Å². The highest BCUT2D eigenvalue weighted by Gasteiger charge is 2.18. The van der Waals surface area contributed by atoms with E-state index < -0.39 is 11.9 Å². The molecule has 25 heavy (non-hydrogen) atoms. The van der Waals surface area contributed by atoms with E-state index in [2.05, 4.69) is 20.3 Å². The first-order chi connectivity index (χ1) is 11.9. The fourth-order valence-electron chi connectivity index (χ4n) is 1.99. The standard InChI is InChI=1S/C15H19ClN8O/c16-11-13(23-12(18)10(22-11)7-21-15(19)20)24-14(25)9(17)6-8-4-2-1-3-5-8/h1-5,9H,6-7,17H2,(H4,19,20,21)(H3,18,23,24,25). The minimum absolute atomic E-state index is 0.0288. The van der Waals surface area contributed by atoms with Crippen LogP contribution in [0.15, 0.2) is 35.3 Å². The number of nitrogen functional groups attached to an aromatic ring is 1. The molecular formula is C15H19ClN8O. The summed E-state index contributed by atoms with van der Waals surface area (Å²) in [6, 6.07) is 8.63. The number of anilines is 2. The van der Waals surface area contributed by atoms with E-state index in [0.717, 1.165) is 5.56 Å². The van der Waals surface area contributed by atoms with Crippen molar-refractivity contribution >= 4 is 35.1 Å². The van der Waals surface area contributed by atoms with Gasteiger partial charge in [0.05, 0.1) is 12.6 Å². The number of aliphatic imine (C=N–C) groups is 1. The molecule has 2 rings (SSSR count). The Kier molecular flexibility index (Phi) is 6.09. The molecule has 0 saturated heterocycles. The first kappa shape index (κ1) is 18.4. The fourth-order valence-corrected chi connectivity index (χ4v) is 2.18. The quantitative estimate of drug-likeness (QED) is 0.355. The molecule has 1 atom stereocenters. The maximum Gasteiger partial charge on any atom is 0.242 e. The van der Waals surface area contributed by atoms with E-state index in [9.17, 15) is 4.79 Å². The summed E-state index contributed by atoms with van der Waals surface area (Å²) in [5, 5.41) is 2.50. The zero-order valence-electron chi connectivity index (χ0n) is 13.3. The third-order valence-electron chi connectivity index (χ3n) is 3.24. The second-order valence-electron chi connectivity index (χ2n) is 5.22. The molecule has 132 valence electrons. The third-order valence-corrected chi connectivity index (χ3v) is 3.51. The van der Waals surface area contributed by atoms with Gasteiger partial charge in [0.25, 0.3) is 0 Å². The molecule has 10 heteroatoms. The molecule has 0 fully saturated rings. The number of nitrogens with two attached hydrogens (primary N) is 4. The molecule has 0 aliphatic heterocycles. The maximum atomic E-state index is 12.2. The second-order valence-corrected chi connectivity index (χ2v) is 5.58. The molecule has 0 radical (unpaired) electrons. The lowest BCUT2D eigenvalue weighted by Gasteiger charge is -2.13. The van der Waals surface area contributed by atoms with Crippen LogP contribution in [0.1, 0.15) is 11.3 Å². The Morgan fingerprint density at radius 2 is 1.92 bits per heavy atom. The maximum absolute atomic E-state index is 12.2. The molecule has 0 spiro atoms. The minimum atomic E-state index is -0.775. The van der Waals surface area contributed by atoms with Gasteiger partial charge in [-0.05, 0) is 12.0 Å². The topological polar surface area (TPSA) is 171 Å². The van der Waals surface area contributed by atoms with Crippen molar-refractivity contribution < 1.29 is 4.79 Å². The Morgan fingerprint density at radius 3 is 2.56 bits per heavy atom. The summed E-state index contributed by atoms with van der Waals surface area (Å²) in [4.78, 5) is 24.1. The zero-order chi connectivity index (χ0) is 18.4. The average molecular weight is 363 g/mol. The van der Waals surface area contributed by atoms with Crippen molar-refractivity contribution in [3.63, 3.8) is 0 Å². The number of nitrogens with one attached hydrogen (secondary N) is 1. The predicted molar refractivity (Wildman–Crippen MR) is 97.7 cm³/mol. The SMILES string of the molecule is NC(N)=NCc1nc(Cl)c(NC(=O)C(N)Cc2ccccc2)nc1N. The van der Waals surface area contributed by atoms with Gasteiger partial charge in [0.2, 0.25) is 5.91 Å². The molecule has 1 aromatic heterocycles. The van der Waals surface area contributed by atoms with E-state index >= 15 is 0 Å². The molecule has 9 nitrogen and oxygen atoms in total. The number of hydrogen-bond acceptors (Lipinski definition) is 6. The van der Waals surface area contributed by atoms with Gasteiger partial charge in [-0.3, -0.25) is 4.79 Å². The van der Waals surface area contributed by atoms with Crippen LogP contribution in [0.3, 0.4) is 0 Å². The Bertz CT molecular complexity index is 777. The van der Waals surface area contributed by atoms with Crippen molar-refractivity contribution in [1.82, 2.24) is 9.97 Å².